The number of carbonyl (C=O) groups is 1. The highest BCUT2D eigenvalue weighted by Gasteiger charge is 2.36. The number of aliphatic imine (C=N–C) groups is 2. The Kier molecular flexibility index (Phi) is 9.72. The molecule has 2 aliphatic heterocycles. The lowest BCUT2D eigenvalue weighted by Crippen LogP contribution is -2.50. The first-order valence-electron chi connectivity index (χ1n) is 13.7. The monoisotopic (exact) mass is 566 g/mol. The quantitative estimate of drug-likeness (QED) is 0.230. The molecule has 0 aromatic heterocycles. The van der Waals surface area contributed by atoms with E-state index in [4.69, 9.17) is 10.6 Å². The molecule has 0 radical (unpaired) electrons. The molecular formula is C29H38N6O4S. The molecule has 0 aliphatic carbocycles. The number of hydroxylamine groups is 2. The molecular weight excluding hydrogens is 528 g/mol. The summed E-state index contributed by atoms with van der Waals surface area (Å²) in [5.41, 5.74) is 9.64. The van der Waals surface area contributed by atoms with Crippen molar-refractivity contribution in [1.82, 2.24) is 14.7 Å². The number of nitrogens with one attached hydrogen (secondary N) is 1. The molecule has 2 aromatic carbocycles. The van der Waals surface area contributed by atoms with Crippen LogP contribution in [0.5, 0.6) is 0 Å². The van der Waals surface area contributed by atoms with E-state index in [2.05, 4.69) is 15.3 Å². The molecule has 4 rings (SSSR count). The van der Waals surface area contributed by atoms with Crippen LogP contribution in [0.1, 0.15) is 39.2 Å². The number of amidine groups is 1. The summed E-state index contributed by atoms with van der Waals surface area (Å²) in [5, 5.41) is 4.40. The maximum atomic E-state index is 13.3. The highest BCUT2D eigenvalue weighted by atomic mass is 32.2. The Labute approximate surface area is 236 Å². The second-order valence-electron chi connectivity index (χ2n) is 9.82. The van der Waals surface area contributed by atoms with Gasteiger partial charge in [0.1, 0.15) is 5.84 Å². The van der Waals surface area contributed by atoms with Gasteiger partial charge in [0.05, 0.1) is 23.5 Å². The van der Waals surface area contributed by atoms with Crippen LogP contribution >= 0.6 is 0 Å². The predicted octanol–water partition coefficient (Wildman–Crippen LogP) is 3.58. The molecule has 0 unspecified atom stereocenters. The zero-order chi connectivity index (χ0) is 28.7. The first-order valence-corrected chi connectivity index (χ1v) is 15.2. The Morgan fingerprint density at radius 3 is 2.70 bits per heavy atom. The number of nitrogens with two attached hydrogens (primary N) is 1. The Morgan fingerprint density at radius 1 is 1.20 bits per heavy atom. The molecule has 3 N–H and O–H groups in total. The minimum atomic E-state index is -3.61. The highest BCUT2D eigenvalue weighted by Crippen LogP contribution is 2.34. The fourth-order valence-electron chi connectivity index (χ4n) is 4.63. The number of carbonyl (C=O) groups excluding carboxylic acids is 1. The van der Waals surface area contributed by atoms with Crippen molar-refractivity contribution in [3.8, 4) is 11.1 Å². The second kappa shape index (κ2) is 13.2. The summed E-state index contributed by atoms with van der Waals surface area (Å²) in [6.07, 6.45) is 4.45. The van der Waals surface area contributed by atoms with Crippen LogP contribution in [0.4, 0.5) is 5.69 Å². The van der Waals surface area contributed by atoms with E-state index < -0.39 is 10.0 Å². The predicted molar refractivity (Wildman–Crippen MR) is 159 cm³/mol. The number of amides is 1. The number of benzene rings is 2. The normalized spacial score (nSPS) is 16.1. The van der Waals surface area contributed by atoms with Crippen LogP contribution in [0.25, 0.3) is 17.2 Å². The van der Waals surface area contributed by atoms with Crippen LogP contribution in [-0.2, 0) is 19.7 Å². The second-order valence-corrected chi connectivity index (χ2v) is 11.8. The summed E-state index contributed by atoms with van der Waals surface area (Å²) in [6, 6.07) is 12.6. The molecule has 2 aliphatic rings. The van der Waals surface area contributed by atoms with Gasteiger partial charge in [-0.05, 0) is 55.7 Å². The SMILES string of the molecule is CCCN(OCC)C(=O)C1=Cc2ccc(-c3cccc(S(=O)(=O)N4CC(CN=CNCC)C4)c3)cc2N=C(N)C1. The molecule has 0 atom stereocenters. The average Bonchev–Trinajstić information content (AvgIpc) is 3.08. The van der Waals surface area contributed by atoms with Gasteiger partial charge in [-0.2, -0.15) is 4.31 Å². The molecule has 1 saturated heterocycles. The summed E-state index contributed by atoms with van der Waals surface area (Å²) in [5.74, 6) is 0.310. The van der Waals surface area contributed by atoms with Crippen LogP contribution in [0.2, 0.25) is 0 Å². The lowest BCUT2D eigenvalue weighted by atomic mass is 10.0. The molecule has 1 fully saturated rings. The van der Waals surface area contributed by atoms with Crippen molar-refractivity contribution in [2.75, 3.05) is 39.3 Å². The number of hydrogen-bond donors (Lipinski definition) is 2. The van der Waals surface area contributed by atoms with Gasteiger partial charge in [0, 0.05) is 56.2 Å². The molecule has 2 heterocycles. The summed E-state index contributed by atoms with van der Waals surface area (Å²) in [7, 11) is -3.61. The summed E-state index contributed by atoms with van der Waals surface area (Å²) < 4.78 is 28.0. The summed E-state index contributed by atoms with van der Waals surface area (Å²) in [4.78, 5) is 27.8. The first kappa shape index (κ1) is 29.4. The van der Waals surface area contributed by atoms with Crippen molar-refractivity contribution in [3.63, 3.8) is 0 Å². The Hall–Kier alpha value is -3.54. The van der Waals surface area contributed by atoms with Gasteiger partial charge < -0.3 is 11.1 Å². The zero-order valence-corrected chi connectivity index (χ0v) is 24.2. The van der Waals surface area contributed by atoms with E-state index in [9.17, 15) is 13.2 Å². The van der Waals surface area contributed by atoms with Crippen LogP contribution in [0.15, 0.2) is 62.9 Å². The number of hydrogen-bond acceptors (Lipinski definition) is 7. The van der Waals surface area contributed by atoms with Crippen molar-refractivity contribution >= 4 is 39.9 Å². The molecule has 1 amide bonds. The Morgan fingerprint density at radius 2 is 1.98 bits per heavy atom. The van der Waals surface area contributed by atoms with Gasteiger partial charge in [-0.15, -0.1) is 0 Å². The van der Waals surface area contributed by atoms with E-state index in [-0.39, 0.29) is 23.1 Å². The third-order valence-corrected chi connectivity index (χ3v) is 8.52. The number of fused-ring (bicyclic) bond motifs is 1. The van der Waals surface area contributed by atoms with Crippen LogP contribution in [-0.4, -0.2) is 75.2 Å². The fourth-order valence-corrected chi connectivity index (χ4v) is 6.27. The summed E-state index contributed by atoms with van der Waals surface area (Å²) >= 11 is 0. The van der Waals surface area contributed by atoms with Gasteiger partial charge in [-0.1, -0.05) is 31.2 Å². The third kappa shape index (κ3) is 6.78. The molecule has 0 saturated carbocycles. The van der Waals surface area contributed by atoms with E-state index in [0.717, 1.165) is 29.7 Å². The number of nitrogens with zero attached hydrogens (tertiary/aromatic N) is 4. The van der Waals surface area contributed by atoms with Crippen LogP contribution in [0, 0.1) is 5.92 Å². The maximum Gasteiger partial charge on any atom is 0.273 e. The molecule has 11 heteroatoms. The molecule has 2 aromatic rings. The Bertz CT molecular complexity index is 1410. The highest BCUT2D eigenvalue weighted by molar-refractivity contribution is 7.89. The van der Waals surface area contributed by atoms with E-state index in [1.807, 2.05) is 45.0 Å². The number of rotatable bonds is 12. The minimum Gasteiger partial charge on any atom is -0.387 e. The van der Waals surface area contributed by atoms with Crippen molar-refractivity contribution in [3.05, 3.63) is 53.6 Å². The van der Waals surface area contributed by atoms with Gasteiger partial charge >= 0.3 is 0 Å². The minimum absolute atomic E-state index is 0.209. The largest absolute Gasteiger partial charge is 0.387 e. The van der Waals surface area contributed by atoms with Crippen molar-refractivity contribution in [2.45, 2.75) is 38.5 Å². The molecule has 0 bridgehead atoms. The van der Waals surface area contributed by atoms with Crippen molar-refractivity contribution in [1.29, 1.82) is 0 Å². The van der Waals surface area contributed by atoms with Gasteiger partial charge in [0.2, 0.25) is 10.0 Å². The average molecular weight is 567 g/mol. The molecule has 0 spiro atoms. The van der Waals surface area contributed by atoms with Crippen LogP contribution < -0.4 is 11.1 Å². The van der Waals surface area contributed by atoms with Gasteiger partial charge in [-0.25, -0.2) is 18.5 Å². The lowest BCUT2D eigenvalue weighted by molar-refractivity contribution is -0.180. The summed E-state index contributed by atoms with van der Waals surface area (Å²) in [6.45, 7) is 9.00. The van der Waals surface area contributed by atoms with Gasteiger partial charge in [-0.3, -0.25) is 14.6 Å². The van der Waals surface area contributed by atoms with Crippen molar-refractivity contribution in [2.24, 2.45) is 21.6 Å². The van der Waals surface area contributed by atoms with E-state index in [0.29, 0.717) is 49.9 Å². The van der Waals surface area contributed by atoms with Crippen LogP contribution in [0.3, 0.4) is 0 Å². The molecule has 40 heavy (non-hydrogen) atoms. The fraction of sp³-hybridized carbons (Fsp3) is 0.414. The Balaban J connectivity index is 1.54. The first-order chi connectivity index (χ1) is 19.3. The topological polar surface area (TPSA) is 130 Å². The van der Waals surface area contributed by atoms with Crippen molar-refractivity contribution < 1.29 is 18.0 Å². The maximum absolute atomic E-state index is 13.3. The van der Waals surface area contributed by atoms with E-state index in [1.54, 1.807) is 30.6 Å². The van der Waals surface area contributed by atoms with Gasteiger partial charge in [0.25, 0.3) is 5.91 Å². The zero-order valence-electron chi connectivity index (χ0n) is 23.3. The lowest BCUT2D eigenvalue weighted by Gasteiger charge is -2.37. The van der Waals surface area contributed by atoms with E-state index in [1.165, 1.54) is 9.37 Å². The standard InChI is InChI=1S/C29H38N6O4S/c1-4-12-35(39-6-3)29(36)25-13-24-11-10-23(15-27(24)33-28(30)16-25)22-8-7-9-26(14-22)40(37,38)34-18-21(19-34)17-32-20-31-5-2/h7-11,13-15,20-21H,4-6,12,16-19H2,1-3H3,(H2,30,33)(H,31,32). The molecule has 214 valence electrons. The molecule has 10 nitrogen and oxygen atoms in total. The number of sulfonamides is 1. The van der Waals surface area contributed by atoms with E-state index >= 15 is 0 Å². The third-order valence-electron chi connectivity index (χ3n) is 6.69. The smallest absolute Gasteiger partial charge is 0.273 e. The van der Waals surface area contributed by atoms with Gasteiger partial charge in [0.15, 0.2) is 0 Å².